The quantitative estimate of drug-likeness (QED) is 0.630. The van der Waals surface area contributed by atoms with E-state index in [1.165, 1.54) is 25.7 Å². The summed E-state index contributed by atoms with van der Waals surface area (Å²) in [5.74, 6) is 7.08. The van der Waals surface area contributed by atoms with E-state index in [1.807, 2.05) is 14.0 Å². The van der Waals surface area contributed by atoms with Gasteiger partial charge in [0.25, 0.3) is 0 Å². The molecule has 1 rings (SSSR count). The second kappa shape index (κ2) is 5.22. The van der Waals surface area contributed by atoms with Gasteiger partial charge in [-0.05, 0) is 26.3 Å². The number of rotatable bonds is 4. The minimum atomic E-state index is 0.628. The van der Waals surface area contributed by atoms with Crippen LogP contribution < -0.4 is 5.32 Å². The van der Waals surface area contributed by atoms with Crippen molar-refractivity contribution in [3.8, 4) is 11.8 Å². The molecule has 0 radical (unpaired) electrons. The maximum atomic E-state index is 3.33. The normalized spacial score (nSPS) is 19.2. The number of hydrogen-bond acceptors (Lipinski definition) is 1. The molecule has 1 saturated carbocycles. The largest absolute Gasteiger partial charge is 0.316 e. The lowest BCUT2D eigenvalue weighted by molar-refractivity contribution is 0.265. The van der Waals surface area contributed by atoms with E-state index in [2.05, 4.69) is 17.2 Å². The molecule has 0 saturated heterocycles. The van der Waals surface area contributed by atoms with Gasteiger partial charge in [-0.1, -0.05) is 19.3 Å². The zero-order valence-corrected chi connectivity index (χ0v) is 8.19. The van der Waals surface area contributed by atoms with Crippen molar-refractivity contribution in [3.63, 3.8) is 0 Å². The molecule has 12 heavy (non-hydrogen) atoms. The predicted molar refractivity (Wildman–Crippen MR) is 52.9 cm³/mol. The van der Waals surface area contributed by atoms with Crippen molar-refractivity contribution in [1.82, 2.24) is 5.32 Å². The Morgan fingerprint density at radius 2 is 2.25 bits per heavy atom. The first-order valence-electron chi connectivity index (χ1n) is 4.93. The standard InChI is InChI=1S/C11H19N/c1-3-4-8-11(12-2)9-10-6-5-7-10/h10-12H,5-9H2,1-2H3. The van der Waals surface area contributed by atoms with Crippen LogP contribution in [0, 0.1) is 17.8 Å². The third-order valence-corrected chi connectivity index (χ3v) is 2.78. The lowest BCUT2D eigenvalue weighted by Crippen LogP contribution is -2.29. The maximum Gasteiger partial charge on any atom is 0.0243 e. The van der Waals surface area contributed by atoms with Crippen molar-refractivity contribution in [2.75, 3.05) is 7.05 Å². The van der Waals surface area contributed by atoms with Crippen LogP contribution >= 0.6 is 0 Å². The molecule has 0 amide bonds. The topological polar surface area (TPSA) is 12.0 Å². The van der Waals surface area contributed by atoms with E-state index in [0.717, 1.165) is 12.3 Å². The number of hydrogen-bond donors (Lipinski definition) is 1. The first-order valence-corrected chi connectivity index (χ1v) is 4.93. The molecule has 1 N–H and O–H groups in total. The molecule has 1 fully saturated rings. The van der Waals surface area contributed by atoms with Crippen molar-refractivity contribution < 1.29 is 0 Å². The van der Waals surface area contributed by atoms with Crippen LogP contribution in [0.15, 0.2) is 0 Å². The lowest BCUT2D eigenvalue weighted by atomic mass is 9.80. The molecular weight excluding hydrogens is 146 g/mol. The van der Waals surface area contributed by atoms with Crippen LogP contribution in [0.25, 0.3) is 0 Å². The van der Waals surface area contributed by atoms with Crippen LogP contribution in [0.5, 0.6) is 0 Å². The highest BCUT2D eigenvalue weighted by Crippen LogP contribution is 2.30. The third kappa shape index (κ3) is 2.87. The van der Waals surface area contributed by atoms with Gasteiger partial charge in [-0.2, -0.15) is 0 Å². The van der Waals surface area contributed by atoms with E-state index < -0.39 is 0 Å². The SMILES string of the molecule is CC#CCC(CC1CCC1)NC. The Kier molecular flexibility index (Phi) is 4.18. The van der Waals surface area contributed by atoms with E-state index in [9.17, 15) is 0 Å². The molecule has 1 nitrogen and oxygen atoms in total. The molecule has 0 heterocycles. The molecule has 0 aromatic carbocycles. The van der Waals surface area contributed by atoms with Crippen molar-refractivity contribution >= 4 is 0 Å². The Balaban J connectivity index is 2.17. The van der Waals surface area contributed by atoms with Crippen LogP contribution in [-0.2, 0) is 0 Å². The number of nitrogens with one attached hydrogen (secondary N) is 1. The van der Waals surface area contributed by atoms with Gasteiger partial charge in [-0.15, -0.1) is 11.8 Å². The molecule has 1 aliphatic rings. The Hall–Kier alpha value is -0.480. The van der Waals surface area contributed by atoms with E-state index in [1.54, 1.807) is 0 Å². The highest BCUT2D eigenvalue weighted by atomic mass is 14.9. The van der Waals surface area contributed by atoms with Gasteiger partial charge in [-0.3, -0.25) is 0 Å². The van der Waals surface area contributed by atoms with Crippen LogP contribution in [0.4, 0.5) is 0 Å². The monoisotopic (exact) mass is 165 g/mol. The first kappa shape index (κ1) is 9.61. The summed E-state index contributed by atoms with van der Waals surface area (Å²) in [5.41, 5.74) is 0. The molecule has 1 aliphatic carbocycles. The Labute approximate surface area is 75.9 Å². The Bertz CT molecular complexity index is 171. The Morgan fingerprint density at radius 1 is 1.50 bits per heavy atom. The zero-order valence-electron chi connectivity index (χ0n) is 8.19. The highest BCUT2D eigenvalue weighted by Gasteiger charge is 2.20. The average molecular weight is 165 g/mol. The molecule has 0 spiro atoms. The Morgan fingerprint density at radius 3 is 2.67 bits per heavy atom. The van der Waals surface area contributed by atoms with E-state index in [0.29, 0.717) is 6.04 Å². The highest BCUT2D eigenvalue weighted by molar-refractivity contribution is 4.98. The molecule has 1 unspecified atom stereocenters. The van der Waals surface area contributed by atoms with Crippen LogP contribution in [-0.4, -0.2) is 13.1 Å². The summed E-state index contributed by atoms with van der Waals surface area (Å²) in [6.45, 7) is 1.91. The van der Waals surface area contributed by atoms with Gasteiger partial charge in [0.15, 0.2) is 0 Å². The van der Waals surface area contributed by atoms with Gasteiger partial charge in [0, 0.05) is 12.5 Å². The molecule has 0 aromatic heterocycles. The smallest absolute Gasteiger partial charge is 0.0243 e. The fourth-order valence-electron chi connectivity index (χ4n) is 1.66. The van der Waals surface area contributed by atoms with E-state index >= 15 is 0 Å². The van der Waals surface area contributed by atoms with Crippen molar-refractivity contribution in [2.24, 2.45) is 5.92 Å². The van der Waals surface area contributed by atoms with Gasteiger partial charge in [0.05, 0.1) is 0 Å². The fourth-order valence-corrected chi connectivity index (χ4v) is 1.66. The summed E-state index contributed by atoms with van der Waals surface area (Å²) >= 11 is 0. The van der Waals surface area contributed by atoms with Crippen molar-refractivity contribution in [2.45, 2.75) is 45.1 Å². The van der Waals surface area contributed by atoms with Crippen LogP contribution in [0.2, 0.25) is 0 Å². The average Bonchev–Trinajstić information content (AvgIpc) is 2.02. The maximum absolute atomic E-state index is 3.33. The van der Waals surface area contributed by atoms with E-state index in [-0.39, 0.29) is 0 Å². The zero-order chi connectivity index (χ0) is 8.81. The molecular formula is C11H19N. The van der Waals surface area contributed by atoms with Crippen LogP contribution in [0.1, 0.15) is 39.0 Å². The van der Waals surface area contributed by atoms with Crippen molar-refractivity contribution in [3.05, 3.63) is 0 Å². The minimum absolute atomic E-state index is 0.628. The molecule has 0 aliphatic heterocycles. The molecule has 0 bridgehead atoms. The minimum Gasteiger partial charge on any atom is -0.316 e. The molecule has 0 aromatic rings. The van der Waals surface area contributed by atoms with Gasteiger partial charge in [-0.25, -0.2) is 0 Å². The molecule has 68 valence electrons. The van der Waals surface area contributed by atoms with E-state index in [4.69, 9.17) is 0 Å². The summed E-state index contributed by atoms with van der Waals surface area (Å²) in [7, 11) is 2.04. The van der Waals surface area contributed by atoms with Crippen molar-refractivity contribution in [1.29, 1.82) is 0 Å². The third-order valence-electron chi connectivity index (χ3n) is 2.78. The van der Waals surface area contributed by atoms with Gasteiger partial charge in [0.1, 0.15) is 0 Å². The van der Waals surface area contributed by atoms with Gasteiger partial charge >= 0.3 is 0 Å². The second-order valence-electron chi connectivity index (χ2n) is 3.65. The summed E-state index contributed by atoms with van der Waals surface area (Å²) < 4.78 is 0. The first-order chi connectivity index (χ1) is 5.86. The molecule has 1 atom stereocenters. The van der Waals surface area contributed by atoms with Gasteiger partial charge in [0.2, 0.25) is 0 Å². The molecule has 1 heteroatoms. The lowest BCUT2D eigenvalue weighted by Gasteiger charge is -2.28. The fraction of sp³-hybridized carbons (Fsp3) is 0.818. The predicted octanol–water partition coefficient (Wildman–Crippen LogP) is 2.18. The summed E-state index contributed by atoms with van der Waals surface area (Å²) in [5, 5.41) is 3.33. The van der Waals surface area contributed by atoms with Crippen LogP contribution in [0.3, 0.4) is 0 Å². The summed E-state index contributed by atoms with van der Waals surface area (Å²) in [6, 6.07) is 0.628. The summed E-state index contributed by atoms with van der Waals surface area (Å²) in [6.07, 6.45) is 6.67. The summed E-state index contributed by atoms with van der Waals surface area (Å²) in [4.78, 5) is 0. The second-order valence-corrected chi connectivity index (χ2v) is 3.65. The van der Waals surface area contributed by atoms with Gasteiger partial charge < -0.3 is 5.32 Å².